The van der Waals surface area contributed by atoms with Gasteiger partial charge < -0.3 is 10.6 Å². The standard InChI is InChI=1S/C21H20F4N2O/c22-17-5-4-13(7-18(17)23)16-8-19(16)26-11-12-2-1-3-14(6-12)20(28)27-15-9-21(24,25)10-15/h1-7,15-16,19,26H,8-11H2,(H,27,28)/t16-,19+/m0/s1. The molecule has 4 rings (SSSR count). The molecule has 28 heavy (non-hydrogen) atoms. The van der Waals surface area contributed by atoms with Crippen molar-refractivity contribution in [1.29, 1.82) is 0 Å². The molecule has 2 aromatic carbocycles. The fourth-order valence-corrected chi connectivity index (χ4v) is 3.64. The molecular weight excluding hydrogens is 372 g/mol. The molecule has 148 valence electrons. The molecule has 2 saturated carbocycles. The second kappa shape index (κ2) is 7.20. The highest BCUT2D eigenvalue weighted by atomic mass is 19.3. The van der Waals surface area contributed by atoms with Crippen molar-refractivity contribution in [2.75, 3.05) is 0 Å². The van der Waals surface area contributed by atoms with Gasteiger partial charge >= 0.3 is 0 Å². The van der Waals surface area contributed by atoms with E-state index in [0.29, 0.717) is 12.1 Å². The third kappa shape index (κ3) is 4.19. The van der Waals surface area contributed by atoms with Gasteiger partial charge in [-0.3, -0.25) is 4.79 Å². The molecule has 2 fully saturated rings. The van der Waals surface area contributed by atoms with Crippen LogP contribution in [0, 0.1) is 11.6 Å². The quantitative estimate of drug-likeness (QED) is 0.726. The van der Waals surface area contributed by atoms with Crippen molar-refractivity contribution >= 4 is 5.91 Å². The van der Waals surface area contributed by atoms with Gasteiger partial charge in [0, 0.05) is 43.0 Å². The molecule has 3 nitrogen and oxygen atoms in total. The fraction of sp³-hybridized carbons (Fsp3) is 0.381. The molecule has 0 unspecified atom stereocenters. The number of halogens is 4. The molecule has 0 spiro atoms. The number of carbonyl (C=O) groups is 1. The molecule has 2 aromatic rings. The third-order valence-electron chi connectivity index (χ3n) is 5.35. The Labute approximate surface area is 160 Å². The van der Waals surface area contributed by atoms with E-state index in [9.17, 15) is 22.4 Å². The Morgan fingerprint density at radius 3 is 2.57 bits per heavy atom. The number of amides is 1. The number of carbonyl (C=O) groups excluding carboxylic acids is 1. The second-order valence-corrected chi connectivity index (χ2v) is 7.64. The summed E-state index contributed by atoms with van der Waals surface area (Å²) in [6.45, 7) is 0.521. The van der Waals surface area contributed by atoms with Crippen molar-refractivity contribution in [1.82, 2.24) is 10.6 Å². The van der Waals surface area contributed by atoms with E-state index < -0.39 is 23.6 Å². The summed E-state index contributed by atoms with van der Waals surface area (Å²) in [6.07, 6.45) is 0.210. The minimum Gasteiger partial charge on any atom is -0.349 e. The van der Waals surface area contributed by atoms with Crippen molar-refractivity contribution in [2.45, 2.75) is 49.7 Å². The molecule has 2 atom stereocenters. The Balaban J connectivity index is 1.29. The van der Waals surface area contributed by atoms with E-state index in [1.807, 2.05) is 6.07 Å². The third-order valence-corrected chi connectivity index (χ3v) is 5.35. The minimum absolute atomic E-state index is 0.141. The fourth-order valence-electron chi connectivity index (χ4n) is 3.64. The largest absolute Gasteiger partial charge is 0.349 e. The zero-order valence-electron chi connectivity index (χ0n) is 15.0. The Morgan fingerprint density at radius 2 is 1.86 bits per heavy atom. The maximum Gasteiger partial charge on any atom is 0.252 e. The summed E-state index contributed by atoms with van der Waals surface area (Å²) in [6, 6.07) is 10.7. The topological polar surface area (TPSA) is 41.1 Å². The number of alkyl halides is 2. The summed E-state index contributed by atoms with van der Waals surface area (Å²) in [7, 11) is 0. The van der Waals surface area contributed by atoms with Crippen LogP contribution in [0.1, 0.15) is 46.7 Å². The summed E-state index contributed by atoms with van der Waals surface area (Å²) in [5.74, 6) is -4.58. The van der Waals surface area contributed by atoms with Crippen LogP contribution in [-0.2, 0) is 6.54 Å². The smallest absolute Gasteiger partial charge is 0.252 e. The first-order chi connectivity index (χ1) is 13.3. The van der Waals surface area contributed by atoms with E-state index >= 15 is 0 Å². The van der Waals surface area contributed by atoms with Crippen molar-refractivity contribution in [3.05, 3.63) is 70.8 Å². The van der Waals surface area contributed by atoms with Crippen LogP contribution < -0.4 is 10.6 Å². The first kappa shape index (κ1) is 18.9. The van der Waals surface area contributed by atoms with Gasteiger partial charge in [0.05, 0.1) is 0 Å². The van der Waals surface area contributed by atoms with Crippen molar-refractivity contribution in [2.24, 2.45) is 0 Å². The van der Waals surface area contributed by atoms with Gasteiger partial charge in [-0.2, -0.15) is 0 Å². The second-order valence-electron chi connectivity index (χ2n) is 7.64. The Morgan fingerprint density at radius 1 is 1.07 bits per heavy atom. The van der Waals surface area contributed by atoms with Crippen LogP contribution in [0.3, 0.4) is 0 Å². The Kier molecular flexibility index (Phi) is 4.87. The zero-order valence-corrected chi connectivity index (χ0v) is 15.0. The first-order valence-corrected chi connectivity index (χ1v) is 9.27. The van der Waals surface area contributed by atoms with Gasteiger partial charge in [0.2, 0.25) is 0 Å². The minimum atomic E-state index is -2.67. The monoisotopic (exact) mass is 392 g/mol. The van der Waals surface area contributed by atoms with E-state index in [0.717, 1.165) is 23.6 Å². The maximum absolute atomic E-state index is 13.4. The predicted molar refractivity (Wildman–Crippen MR) is 96.2 cm³/mol. The van der Waals surface area contributed by atoms with E-state index in [2.05, 4.69) is 10.6 Å². The van der Waals surface area contributed by atoms with Gasteiger partial charge in [0.15, 0.2) is 11.6 Å². The highest BCUT2D eigenvalue weighted by Crippen LogP contribution is 2.41. The Bertz CT molecular complexity index is 894. The molecular formula is C21H20F4N2O. The number of nitrogens with one attached hydrogen (secondary N) is 2. The van der Waals surface area contributed by atoms with E-state index in [-0.39, 0.29) is 30.7 Å². The van der Waals surface area contributed by atoms with E-state index in [4.69, 9.17) is 0 Å². The van der Waals surface area contributed by atoms with Gasteiger partial charge in [-0.05, 0) is 41.8 Å². The summed E-state index contributed by atoms with van der Waals surface area (Å²) >= 11 is 0. The van der Waals surface area contributed by atoms with Gasteiger partial charge in [-0.1, -0.05) is 18.2 Å². The number of hydrogen-bond acceptors (Lipinski definition) is 2. The number of rotatable bonds is 6. The van der Waals surface area contributed by atoms with E-state index in [1.165, 1.54) is 6.07 Å². The lowest BCUT2D eigenvalue weighted by atomic mass is 9.88. The first-order valence-electron chi connectivity index (χ1n) is 9.27. The summed E-state index contributed by atoms with van der Waals surface area (Å²) in [5, 5.41) is 5.97. The molecule has 0 bridgehead atoms. The van der Waals surface area contributed by atoms with Crippen LogP contribution in [0.2, 0.25) is 0 Å². The molecule has 0 aliphatic heterocycles. The van der Waals surface area contributed by atoms with Crippen molar-refractivity contribution < 1.29 is 22.4 Å². The van der Waals surface area contributed by atoms with Gasteiger partial charge in [-0.15, -0.1) is 0 Å². The highest BCUT2D eigenvalue weighted by molar-refractivity contribution is 5.94. The van der Waals surface area contributed by atoms with Crippen LogP contribution in [0.25, 0.3) is 0 Å². The van der Waals surface area contributed by atoms with Crippen molar-refractivity contribution in [3.63, 3.8) is 0 Å². The molecule has 2 N–H and O–H groups in total. The normalized spacial score (nSPS) is 23.1. The maximum atomic E-state index is 13.4. The highest BCUT2D eigenvalue weighted by Gasteiger charge is 2.46. The van der Waals surface area contributed by atoms with E-state index in [1.54, 1.807) is 24.3 Å². The summed E-state index contributed by atoms with van der Waals surface area (Å²) in [5.41, 5.74) is 2.09. The average molecular weight is 392 g/mol. The van der Waals surface area contributed by atoms with Gasteiger partial charge in [0.25, 0.3) is 11.8 Å². The lowest BCUT2D eigenvalue weighted by Gasteiger charge is -2.35. The molecule has 7 heteroatoms. The molecule has 0 radical (unpaired) electrons. The molecule has 0 aromatic heterocycles. The van der Waals surface area contributed by atoms with Crippen molar-refractivity contribution in [3.8, 4) is 0 Å². The molecule has 1 amide bonds. The number of benzene rings is 2. The lowest BCUT2D eigenvalue weighted by Crippen LogP contribution is -2.50. The molecule has 2 aliphatic carbocycles. The summed E-state index contributed by atoms with van der Waals surface area (Å²) in [4.78, 5) is 12.2. The zero-order chi connectivity index (χ0) is 19.9. The summed E-state index contributed by atoms with van der Waals surface area (Å²) < 4.78 is 52.2. The van der Waals surface area contributed by atoms with Crippen LogP contribution in [0.4, 0.5) is 17.6 Å². The molecule has 0 saturated heterocycles. The van der Waals surface area contributed by atoms with Crippen LogP contribution in [0.5, 0.6) is 0 Å². The van der Waals surface area contributed by atoms with Crippen LogP contribution in [0.15, 0.2) is 42.5 Å². The predicted octanol–water partition coefficient (Wildman–Crippen LogP) is 4.14. The molecule has 0 heterocycles. The average Bonchev–Trinajstić information content (AvgIpc) is 3.41. The lowest BCUT2D eigenvalue weighted by molar-refractivity contribution is -0.0901. The van der Waals surface area contributed by atoms with Gasteiger partial charge in [-0.25, -0.2) is 17.6 Å². The van der Waals surface area contributed by atoms with Gasteiger partial charge in [0.1, 0.15) is 0 Å². The van der Waals surface area contributed by atoms with Crippen LogP contribution in [-0.4, -0.2) is 23.9 Å². The molecule has 2 aliphatic rings. The van der Waals surface area contributed by atoms with Crippen LogP contribution >= 0.6 is 0 Å². The SMILES string of the molecule is O=C(NC1CC(F)(F)C1)c1cccc(CN[C@@H]2C[C@H]2c2ccc(F)c(F)c2)c1. The Hall–Kier alpha value is -2.41. The number of hydrogen-bond donors (Lipinski definition) is 2.